The predicted octanol–water partition coefficient (Wildman–Crippen LogP) is 2.21. The van der Waals surface area contributed by atoms with Gasteiger partial charge in [-0.3, -0.25) is 14.3 Å². The van der Waals surface area contributed by atoms with Crippen LogP contribution in [0.3, 0.4) is 0 Å². The van der Waals surface area contributed by atoms with Crippen molar-refractivity contribution in [1.82, 2.24) is 24.6 Å². The van der Waals surface area contributed by atoms with Crippen LogP contribution in [-0.4, -0.2) is 57.2 Å². The normalized spacial score (nSPS) is 19.4. The number of likely N-dealkylation sites (tertiary alicyclic amines) is 1. The van der Waals surface area contributed by atoms with Crippen LogP contribution in [0.1, 0.15) is 29.0 Å². The maximum atomic E-state index is 12.7. The second-order valence-electron chi connectivity index (χ2n) is 7.45. The molecular formula is C19H21N5O3. The third-order valence-electron chi connectivity index (χ3n) is 5.67. The molecule has 0 bridgehead atoms. The zero-order valence-corrected chi connectivity index (χ0v) is 15.2. The van der Waals surface area contributed by atoms with Crippen LogP contribution in [0.25, 0.3) is 11.6 Å². The number of carbonyl (C=O) groups is 1. The van der Waals surface area contributed by atoms with Gasteiger partial charge in [-0.25, -0.2) is 0 Å². The van der Waals surface area contributed by atoms with Gasteiger partial charge in [0.2, 0.25) is 0 Å². The molecule has 0 radical (unpaired) electrons. The number of likely N-dealkylation sites (N-methyl/N-ethyl adjacent to an activating group) is 1. The van der Waals surface area contributed by atoms with Crippen molar-refractivity contribution in [2.75, 3.05) is 26.7 Å². The summed E-state index contributed by atoms with van der Waals surface area (Å²) in [4.78, 5) is 16.8. The van der Waals surface area contributed by atoms with E-state index in [1.54, 1.807) is 12.3 Å². The molecule has 0 unspecified atom stereocenters. The zero-order valence-electron chi connectivity index (χ0n) is 15.2. The summed E-state index contributed by atoms with van der Waals surface area (Å²) in [6, 6.07) is 5.50. The Labute approximate surface area is 156 Å². The van der Waals surface area contributed by atoms with Gasteiger partial charge in [-0.15, -0.1) is 10.2 Å². The smallest absolute Gasteiger partial charge is 0.257 e. The van der Waals surface area contributed by atoms with Crippen LogP contribution in [0.15, 0.2) is 45.8 Å². The molecule has 1 amide bonds. The number of piperidine rings is 1. The number of hydrogen-bond donors (Lipinski definition) is 0. The first kappa shape index (κ1) is 16.3. The van der Waals surface area contributed by atoms with Crippen LogP contribution in [0, 0.1) is 0 Å². The van der Waals surface area contributed by atoms with Crippen LogP contribution in [0.2, 0.25) is 0 Å². The Hall–Kier alpha value is -2.87. The Balaban J connectivity index is 1.46. The van der Waals surface area contributed by atoms with E-state index in [1.165, 1.54) is 12.5 Å². The fourth-order valence-electron chi connectivity index (χ4n) is 4.43. The lowest BCUT2D eigenvalue weighted by Gasteiger charge is -2.48. The maximum Gasteiger partial charge on any atom is 0.257 e. The zero-order chi connectivity index (χ0) is 18.4. The van der Waals surface area contributed by atoms with Gasteiger partial charge in [0.05, 0.1) is 30.2 Å². The molecule has 2 aliphatic rings. The van der Waals surface area contributed by atoms with Crippen molar-refractivity contribution < 1.29 is 13.6 Å². The number of furan rings is 2. The Kier molecular flexibility index (Phi) is 3.68. The van der Waals surface area contributed by atoms with Gasteiger partial charge >= 0.3 is 0 Å². The van der Waals surface area contributed by atoms with Gasteiger partial charge in [-0.2, -0.15) is 0 Å². The summed E-state index contributed by atoms with van der Waals surface area (Å²) >= 11 is 0. The quantitative estimate of drug-likeness (QED) is 0.691. The van der Waals surface area contributed by atoms with Crippen molar-refractivity contribution in [3.05, 3.63) is 48.4 Å². The fourth-order valence-corrected chi connectivity index (χ4v) is 4.43. The summed E-state index contributed by atoms with van der Waals surface area (Å²) in [6.07, 6.45) is 6.39. The minimum absolute atomic E-state index is 0.0259. The van der Waals surface area contributed by atoms with Gasteiger partial charge in [-0.05, 0) is 38.1 Å². The fraction of sp³-hybridized carbons (Fsp3) is 0.421. The molecule has 3 aromatic heterocycles. The number of rotatable bonds is 2. The highest BCUT2D eigenvalue weighted by Gasteiger charge is 2.44. The molecule has 3 aromatic rings. The Morgan fingerprint density at radius 2 is 2.04 bits per heavy atom. The van der Waals surface area contributed by atoms with E-state index in [9.17, 15) is 4.79 Å². The Morgan fingerprint density at radius 1 is 1.19 bits per heavy atom. The van der Waals surface area contributed by atoms with E-state index in [0.717, 1.165) is 43.3 Å². The summed E-state index contributed by atoms with van der Waals surface area (Å²) in [7, 11) is 2.11. The number of carbonyl (C=O) groups excluding carboxylic acids is 1. The monoisotopic (exact) mass is 367 g/mol. The maximum absolute atomic E-state index is 12.7. The lowest BCUT2D eigenvalue weighted by atomic mass is 9.84. The van der Waals surface area contributed by atoms with E-state index in [2.05, 4.69) is 26.7 Å². The van der Waals surface area contributed by atoms with E-state index in [4.69, 9.17) is 8.83 Å². The third-order valence-corrected chi connectivity index (χ3v) is 5.67. The molecule has 1 fully saturated rings. The van der Waals surface area contributed by atoms with Crippen LogP contribution in [-0.2, 0) is 12.1 Å². The standard InChI is InChI=1S/C19H21N5O3/c1-22-11-16-20-21-17(15-3-2-9-27-15)24(16)19(13-22)5-7-23(8-6-19)18(25)14-4-10-26-12-14/h2-4,9-10,12H,5-8,11,13H2,1H3. The van der Waals surface area contributed by atoms with Gasteiger partial charge < -0.3 is 13.7 Å². The average molecular weight is 367 g/mol. The molecule has 27 heavy (non-hydrogen) atoms. The first-order valence-electron chi connectivity index (χ1n) is 9.15. The van der Waals surface area contributed by atoms with Crippen molar-refractivity contribution >= 4 is 5.91 Å². The van der Waals surface area contributed by atoms with Crippen molar-refractivity contribution in [2.45, 2.75) is 24.9 Å². The second kappa shape index (κ2) is 6.09. The van der Waals surface area contributed by atoms with E-state index >= 15 is 0 Å². The second-order valence-corrected chi connectivity index (χ2v) is 7.45. The first-order valence-corrected chi connectivity index (χ1v) is 9.15. The summed E-state index contributed by atoms with van der Waals surface area (Å²) < 4.78 is 12.9. The van der Waals surface area contributed by atoms with Gasteiger partial charge in [0, 0.05) is 19.6 Å². The van der Waals surface area contributed by atoms with Crippen LogP contribution < -0.4 is 0 Å². The number of aromatic nitrogens is 3. The summed E-state index contributed by atoms with van der Waals surface area (Å²) in [6.45, 7) is 3.03. The van der Waals surface area contributed by atoms with Gasteiger partial charge in [0.15, 0.2) is 11.6 Å². The van der Waals surface area contributed by atoms with E-state index in [-0.39, 0.29) is 11.4 Å². The van der Waals surface area contributed by atoms with Crippen molar-refractivity contribution in [2.24, 2.45) is 0 Å². The number of amides is 1. The molecule has 5 heterocycles. The SMILES string of the molecule is CN1Cc2nnc(-c3ccco3)n2C2(CCN(C(=O)c3ccoc3)CC2)C1. The minimum Gasteiger partial charge on any atom is -0.472 e. The molecule has 1 spiro atoms. The summed E-state index contributed by atoms with van der Waals surface area (Å²) in [5.41, 5.74) is 0.467. The summed E-state index contributed by atoms with van der Waals surface area (Å²) in [5.74, 6) is 2.48. The highest BCUT2D eigenvalue weighted by atomic mass is 16.3. The number of fused-ring (bicyclic) bond motifs is 2. The highest BCUT2D eigenvalue weighted by molar-refractivity contribution is 5.93. The first-order chi connectivity index (χ1) is 13.2. The number of hydrogen-bond acceptors (Lipinski definition) is 6. The van der Waals surface area contributed by atoms with E-state index < -0.39 is 0 Å². The molecule has 1 saturated heterocycles. The van der Waals surface area contributed by atoms with Crippen LogP contribution >= 0.6 is 0 Å². The lowest BCUT2D eigenvalue weighted by Crippen LogP contribution is -2.56. The molecule has 0 saturated carbocycles. The predicted molar refractivity (Wildman–Crippen MR) is 95.9 cm³/mol. The highest BCUT2D eigenvalue weighted by Crippen LogP contribution is 2.39. The molecule has 0 N–H and O–H groups in total. The van der Waals surface area contributed by atoms with Gasteiger partial charge in [0.1, 0.15) is 12.1 Å². The topological polar surface area (TPSA) is 80.5 Å². The summed E-state index contributed by atoms with van der Waals surface area (Å²) in [5, 5.41) is 8.84. The van der Waals surface area contributed by atoms with Crippen LogP contribution in [0.4, 0.5) is 0 Å². The van der Waals surface area contributed by atoms with Crippen molar-refractivity contribution in [3.63, 3.8) is 0 Å². The van der Waals surface area contributed by atoms with E-state index in [1.807, 2.05) is 17.0 Å². The molecule has 8 heteroatoms. The average Bonchev–Trinajstić information content (AvgIpc) is 3.42. The van der Waals surface area contributed by atoms with E-state index in [0.29, 0.717) is 18.7 Å². The van der Waals surface area contributed by atoms with Gasteiger partial charge in [-0.1, -0.05) is 0 Å². The Bertz CT molecular complexity index is 936. The van der Waals surface area contributed by atoms with Gasteiger partial charge in [0.25, 0.3) is 5.91 Å². The molecule has 140 valence electrons. The molecule has 8 nitrogen and oxygen atoms in total. The molecule has 0 aromatic carbocycles. The van der Waals surface area contributed by atoms with Crippen molar-refractivity contribution in [1.29, 1.82) is 0 Å². The third kappa shape index (κ3) is 2.59. The molecule has 0 atom stereocenters. The molecular weight excluding hydrogens is 346 g/mol. The lowest BCUT2D eigenvalue weighted by molar-refractivity contribution is 0.0408. The molecule has 0 aliphatic carbocycles. The minimum atomic E-state index is -0.138. The molecule has 5 rings (SSSR count). The Morgan fingerprint density at radius 3 is 2.74 bits per heavy atom. The largest absolute Gasteiger partial charge is 0.472 e. The van der Waals surface area contributed by atoms with Crippen LogP contribution in [0.5, 0.6) is 0 Å². The number of nitrogens with zero attached hydrogens (tertiary/aromatic N) is 5. The molecule has 2 aliphatic heterocycles. The van der Waals surface area contributed by atoms with Crippen molar-refractivity contribution in [3.8, 4) is 11.6 Å².